The Labute approximate surface area is 405 Å². The average molecular weight is 982 g/mol. The van der Waals surface area contributed by atoms with Gasteiger partial charge in [0.25, 0.3) is 0 Å². The molecule has 0 saturated heterocycles. The first-order valence-corrected chi connectivity index (χ1v) is 23.2. The number of unbranched alkanes of at least 4 members (excludes halogenated alkanes) is 4. The predicted octanol–water partition coefficient (Wildman–Crippen LogP) is 1.47. The number of carbonyl (C=O) groups is 11. The molecule has 0 unspecified atom stereocenters. The van der Waals surface area contributed by atoms with Gasteiger partial charge in [0, 0.05) is 57.7 Å². The molecule has 0 aromatic heterocycles. The summed E-state index contributed by atoms with van der Waals surface area (Å²) in [5, 5.41) is 51.6. The Morgan fingerprint density at radius 2 is 1.10 bits per heavy atom. The SMILES string of the molecule is C[C@@H](CC(=O)[C@H](CC(=O)O)NC(=O)[C@@H](N)CNC(=O)[C@@H](CC(=O)[C@H](Cc1ccccc1)NC(=O)CCCCCCCNC(=O)CC[C@H](NC(=O)NCCCC(=O)O)C(=O)O)Cc1ccccc1)C(=O)O. The maximum atomic E-state index is 14.1. The van der Waals surface area contributed by atoms with Gasteiger partial charge in [0.05, 0.1) is 24.4 Å². The summed E-state index contributed by atoms with van der Waals surface area (Å²) in [4.78, 5) is 136. The van der Waals surface area contributed by atoms with Crippen LogP contribution in [0.25, 0.3) is 0 Å². The Balaban J connectivity index is 1.94. The van der Waals surface area contributed by atoms with Crippen LogP contribution >= 0.6 is 0 Å². The molecule has 0 bridgehead atoms. The van der Waals surface area contributed by atoms with Crippen LogP contribution in [0, 0.1) is 11.8 Å². The van der Waals surface area contributed by atoms with Crippen molar-refractivity contribution in [2.45, 2.75) is 127 Å². The third-order valence-electron chi connectivity index (χ3n) is 11.0. The normalized spacial score (nSPS) is 13.4. The molecule has 6 atom stereocenters. The third-order valence-corrected chi connectivity index (χ3v) is 11.0. The Morgan fingerprint density at radius 1 is 0.514 bits per heavy atom. The number of urea groups is 1. The quantitative estimate of drug-likeness (QED) is 0.0431. The van der Waals surface area contributed by atoms with E-state index in [9.17, 15) is 63.0 Å². The van der Waals surface area contributed by atoms with Gasteiger partial charge in [0.15, 0.2) is 11.6 Å². The summed E-state index contributed by atoms with van der Waals surface area (Å²) >= 11 is 0. The zero-order valence-corrected chi connectivity index (χ0v) is 39.3. The maximum Gasteiger partial charge on any atom is 0.326 e. The van der Waals surface area contributed by atoms with E-state index in [4.69, 9.17) is 15.9 Å². The summed E-state index contributed by atoms with van der Waals surface area (Å²) in [6.07, 6.45) is 1.63. The van der Waals surface area contributed by atoms with Gasteiger partial charge in [-0.15, -0.1) is 0 Å². The van der Waals surface area contributed by atoms with E-state index in [1.54, 1.807) is 60.7 Å². The van der Waals surface area contributed by atoms with Gasteiger partial charge >= 0.3 is 29.9 Å². The van der Waals surface area contributed by atoms with Gasteiger partial charge in [-0.05, 0) is 49.7 Å². The minimum absolute atomic E-state index is 0.0399. The number of ketones is 2. The van der Waals surface area contributed by atoms with Crippen molar-refractivity contribution in [3.8, 4) is 0 Å². The fourth-order valence-corrected chi connectivity index (χ4v) is 7.02. The number of benzene rings is 2. The standard InChI is InChI=1S/C48H67N7O15/c1-30(46(66)67)24-38(56)37(28-43(62)63)54-45(65)34(49)29-52-44(64)33(25-31-14-7-5-8-15-31)27-39(57)36(26-32-16-9-6-10-17-32)53-41(59)18-11-3-2-4-12-22-50-40(58)21-20-35(47(68)69)55-48(70)51-23-13-19-42(60)61/h5-10,14-17,30,33-37H,2-4,11-13,18-29,49H2,1H3,(H,50,58)(H,52,64)(H,53,59)(H,54,65)(H,60,61)(H,62,63)(H,66,67)(H,68,69)(H2,51,55,70)/t30-,33+,34-,35-,36-,37-/m0/s1. The molecule has 2 aromatic carbocycles. The Bertz CT molecular complexity index is 2070. The first-order chi connectivity index (χ1) is 33.2. The lowest BCUT2D eigenvalue weighted by Gasteiger charge is -2.23. The molecule has 0 saturated carbocycles. The highest BCUT2D eigenvalue weighted by Crippen LogP contribution is 2.17. The monoisotopic (exact) mass is 981 g/mol. The van der Waals surface area contributed by atoms with Gasteiger partial charge in [-0.2, -0.15) is 0 Å². The number of nitrogens with one attached hydrogen (secondary N) is 6. The molecule has 22 heteroatoms. The molecule has 6 amide bonds. The van der Waals surface area contributed by atoms with Crippen LogP contribution in [0.5, 0.6) is 0 Å². The maximum absolute atomic E-state index is 14.1. The molecule has 384 valence electrons. The molecular formula is C48H67N7O15. The van der Waals surface area contributed by atoms with Crippen molar-refractivity contribution in [3.05, 3.63) is 71.8 Å². The fraction of sp³-hybridized carbons (Fsp3) is 0.521. The van der Waals surface area contributed by atoms with Crippen LogP contribution in [0.3, 0.4) is 0 Å². The topological polar surface area (TPSA) is 367 Å². The molecule has 22 nitrogen and oxygen atoms in total. The van der Waals surface area contributed by atoms with Crippen LogP contribution in [0.4, 0.5) is 4.79 Å². The largest absolute Gasteiger partial charge is 0.481 e. The molecule has 0 radical (unpaired) electrons. The molecule has 0 spiro atoms. The van der Waals surface area contributed by atoms with E-state index in [1.165, 1.54) is 6.92 Å². The number of Topliss-reactive ketones (excluding diaryl/α,β-unsaturated/α-hetero) is 2. The lowest BCUT2D eigenvalue weighted by atomic mass is 9.89. The molecular weight excluding hydrogens is 915 g/mol. The van der Waals surface area contributed by atoms with Crippen LogP contribution < -0.4 is 37.6 Å². The summed E-state index contributed by atoms with van der Waals surface area (Å²) in [6.45, 7) is 1.17. The second kappa shape index (κ2) is 32.5. The van der Waals surface area contributed by atoms with Crippen LogP contribution in [-0.2, 0) is 60.8 Å². The van der Waals surface area contributed by atoms with Crippen LogP contribution in [-0.4, -0.2) is 129 Å². The number of carboxylic acids is 4. The third kappa shape index (κ3) is 25.2. The number of carbonyl (C=O) groups excluding carboxylic acids is 7. The van der Waals surface area contributed by atoms with Crippen LogP contribution in [0.2, 0.25) is 0 Å². The van der Waals surface area contributed by atoms with E-state index >= 15 is 0 Å². The van der Waals surface area contributed by atoms with Crippen molar-refractivity contribution in [1.82, 2.24) is 31.9 Å². The van der Waals surface area contributed by atoms with E-state index in [2.05, 4.69) is 31.9 Å². The van der Waals surface area contributed by atoms with Gasteiger partial charge in [0.2, 0.25) is 23.6 Å². The first kappa shape index (κ1) is 58.9. The Hall–Kier alpha value is -7.23. The lowest BCUT2D eigenvalue weighted by molar-refractivity contribution is -0.144. The number of carboxylic acid groups (broad SMARTS) is 4. The van der Waals surface area contributed by atoms with Crippen molar-refractivity contribution < 1.29 is 73.2 Å². The summed E-state index contributed by atoms with van der Waals surface area (Å²) in [5.74, 6) is -10.8. The van der Waals surface area contributed by atoms with Gasteiger partial charge < -0.3 is 58.1 Å². The first-order valence-electron chi connectivity index (χ1n) is 23.2. The number of hydrogen-bond acceptors (Lipinski definition) is 12. The van der Waals surface area contributed by atoms with E-state index in [1.807, 2.05) is 0 Å². The van der Waals surface area contributed by atoms with Gasteiger partial charge in [0.1, 0.15) is 12.1 Å². The summed E-state index contributed by atoms with van der Waals surface area (Å²) in [5.41, 5.74) is 7.53. The molecule has 12 N–H and O–H groups in total. The van der Waals surface area contributed by atoms with Gasteiger partial charge in [-0.1, -0.05) is 86.8 Å². The molecule has 2 aromatic rings. The Morgan fingerprint density at radius 3 is 1.70 bits per heavy atom. The number of amides is 6. The molecule has 0 aliphatic heterocycles. The zero-order chi connectivity index (χ0) is 52.0. The average Bonchev–Trinajstić information content (AvgIpc) is 3.31. The lowest BCUT2D eigenvalue weighted by Crippen LogP contribution is -2.53. The minimum Gasteiger partial charge on any atom is -0.481 e. The van der Waals surface area contributed by atoms with Crippen molar-refractivity contribution >= 4 is 65.1 Å². The number of hydrogen-bond donors (Lipinski definition) is 11. The molecule has 70 heavy (non-hydrogen) atoms. The van der Waals surface area contributed by atoms with E-state index in [-0.39, 0.29) is 63.8 Å². The summed E-state index contributed by atoms with van der Waals surface area (Å²) in [6, 6.07) is 11.7. The van der Waals surface area contributed by atoms with Gasteiger partial charge in [-0.3, -0.25) is 43.2 Å². The Kier molecular flexibility index (Phi) is 27.3. The van der Waals surface area contributed by atoms with E-state index in [0.717, 1.165) is 24.0 Å². The van der Waals surface area contributed by atoms with Crippen LogP contribution in [0.15, 0.2) is 60.7 Å². The number of nitrogens with two attached hydrogens (primary N) is 1. The molecule has 0 aliphatic rings. The highest BCUT2D eigenvalue weighted by molar-refractivity contribution is 5.95. The molecule has 0 aliphatic carbocycles. The second-order valence-electron chi connectivity index (χ2n) is 17.0. The summed E-state index contributed by atoms with van der Waals surface area (Å²) in [7, 11) is 0. The molecule has 2 rings (SSSR count). The molecule has 0 fully saturated rings. The number of aliphatic carboxylic acids is 4. The highest BCUT2D eigenvalue weighted by atomic mass is 16.4. The highest BCUT2D eigenvalue weighted by Gasteiger charge is 2.31. The van der Waals surface area contributed by atoms with E-state index < -0.39 is 115 Å². The van der Waals surface area contributed by atoms with Crippen molar-refractivity contribution in [2.24, 2.45) is 17.6 Å². The number of rotatable bonds is 36. The van der Waals surface area contributed by atoms with Gasteiger partial charge in [-0.25, -0.2) is 9.59 Å². The van der Waals surface area contributed by atoms with Crippen molar-refractivity contribution in [3.63, 3.8) is 0 Å². The minimum atomic E-state index is -1.57. The predicted molar refractivity (Wildman–Crippen MR) is 252 cm³/mol. The van der Waals surface area contributed by atoms with Crippen molar-refractivity contribution in [1.29, 1.82) is 0 Å². The summed E-state index contributed by atoms with van der Waals surface area (Å²) < 4.78 is 0. The van der Waals surface area contributed by atoms with E-state index in [0.29, 0.717) is 25.8 Å². The van der Waals surface area contributed by atoms with Crippen LogP contribution in [0.1, 0.15) is 102 Å². The molecule has 0 heterocycles. The zero-order valence-electron chi connectivity index (χ0n) is 39.3. The smallest absolute Gasteiger partial charge is 0.326 e. The van der Waals surface area contributed by atoms with Crippen molar-refractivity contribution in [2.75, 3.05) is 19.6 Å². The second-order valence-corrected chi connectivity index (χ2v) is 17.0. The fourth-order valence-electron chi connectivity index (χ4n) is 7.02.